The summed E-state index contributed by atoms with van der Waals surface area (Å²) in [6.45, 7) is 4.71. The quantitative estimate of drug-likeness (QED) is 0.586. The van der Waals surface area contributed by atoms with Crippen LogP contribution >= 0.6 is 0 Å². The van der Waals surface area contributed by atoms with Gasteiger partial charge in [0.2, 0.25) is 5.91 Å². The topological polar surface area (TPSA) is 49.6 Å². The second-order valence-electron chi connectivity index (χ2n) is 3.24. The van der Waals surface area contributed by atoms with Gasteiger partial charge in [-0.15, -0.1) is 0 Å². The lowest BCUT2D eigenvalue weighted by molar-refractivity contribution is -0.137. The van der Waals surface area contributed by atoms with Gasteiger partial charge in [0.25, 0.3) is 0 Å². The molecule has 12 heavy (non-hydrogen) atoms. The van der Waals surface area contributed by atoms with Gasteiger partial charge in [-0.1, -0.05) is 0 Å². The Kier molecular flexibility index (Phi) is 3.05. The SMILES string of the molecule is CCN1CC(CN)N(C)CC1=O. The zero-order valence-electron chi connectivity index (χ0n) is 7.79. The van der Waals surface area contributed by atoms with Crippen molar-refractivity contribution in [2.75, 3.05) is 33.2 Å². The van der Waals surface area contributed by atoms with Gasteiger partial charge in [-0.25, -0.2) is 0 Å². The van der Waals surface area contributed by atoms with Gasteiger partial charge in [-0.3, -0.25) is 9.69 Å². The van der Waals surface area contributed by atoms with E-state index in [2.05, 4.69) is 0 Å². The molecule has 4 nitrogen and oxygen atoms in total. The van der Waals surface area contributed by atoms with E-state index < -0.39 is 0 Å². The Morgan fingerprint density at radius 3 is 2.83 bits per heavy atom. The van der Waals surface area contributed by atoms with Gasteiger partial charge >= 0.3 is 0 Å². The van der Waals surface area contributed by atoms with Crippen molar-refractivity contribution in [3.63, 3.8) is 0 Å². The number of nitrogens with two attached hydrogens (primary N) is 1. The Bertz CT molecular complexity index is 172. The summed E-state index contributed by atoms with van der Waals surface area (Å²) in [5.74, 6) is 0.213. The molecule has 1 atom stereocenters. The Morgan fingerprint density at radius 1 is 1.67 bits per heavy atom. The van der Waals surface area contributed by atoms with Gasteiger partial charge < -0.3 is 10.6 Å². The van der Waals surface area contributed by atoms with Crippen molar-refractivity contribution in [1.82, 2.24) is 9.80 Å². The molecule has 1 aliphatic heterocycles. The molecule has 1 unspecified atom stereocenters. The minimum atomic E-state index is 0.213. The van der Waals surface area contributed by atoms with Gasteiger partial charge in [0.15, 0.2) is 0 Å². The number of carbonyl (C=O) groups is 1. The first kappa shape index (κ1) is 9.48. The molecule has 2 N–H and O–H groups in total. The van der Waals surface area contributed by atoms with E-state index in [0.29, 0.717) is 19.1 Å². The molecule has 0 spiro atoms. The fourth-order valence-electron chi connectivity index (χ4n) is 1.50. The first-order valence-electron chi connectivity index (χ1n) is 4.37. The van der Waals surface area contributed by atoms with Crippen LogP contribution in [0.1, 0.15) is 6.92 Å². The summed E-state index contributed by atoms with van der Waals surface area (Å²) < 4.78 is 0. The fraction of sp³-hybridized carbons (Fsp3) is 0.875. The van der Waals surface area contributed by atoms with E-state index >= 15 is 0 Å². The number of likely N-dealkylation sites (N-methyl/N-ethyl adjacent to an activating group) is 2. The molecule has 0 radical (unpaired) electrons. The predicted octanol–water partition coefficient (Wildman–Crippen LogP) is -0.892. The first-order valence-corrected chi connectivity index (χ1v) is 4.37. The standard InChI is InChI=1S/C8H17N3O/c1-3-11-5-7(4-9)10(2)6-8(11)12/h7H,3-6,9H2,1-2H3. The molecule has 1 saturated heterocycles. The third-order valence-corrected chi connectivity index (χ3v) is 2.45. The third kappa shape index (κ3) is 1.76. The molecule has 1 aliphatic rings. The summed E-state index contributed by atoms with van der Waals surface area (Å²) in [6, 6.07) is 0.336. The minimum Gasteiger partial charge on any atom is -0.340 e. The van der Waals surface area contributed by atoms with Crippen LogP contribution in [-0.2, 0) is 4.79 Å². The molecule has 0 bridgehead atoms. The molecular formula is C8H17N3O. The molecule has 1 rings (SSSR count). The van der Waals surface area contributed by atoms with Crippen LogP contribution in [0, 0.1) is 0 Å². The lowest BCUT2D eigenvalue weighted by Gasteiger charge is -2.37. The first-order chi connectivity index (χ1) is 5.69. The van der Waals surface area contributed by atoms with Crippen molar-refractivity contribution in [3.8, 4) is 0 Å². The molecule has 0 aromatic carbocycles. The monoisotopic (exact) mass is 171 g/mol. The largest absolute Gasteiger partial charge is 0.340 e. The Labute approximate surface area is 73.3 Å². The van der Waals surface area contributed by atoms with Crippen LogP contribution in [0.3, 0.4) is 0 Å². The van der Waals surface area contributed by atoms with Gasteiger partial charge in [0.1, 0.15) is 0 Å². The molecular weight excluding hydrogens is 154 g/mol. The number of carbonyl (C=O) groups excluding carboxylic acids is 1. The van der Waals surface area contributed by atoms with Gasteiger partial charge in [0, 0.05) is 25.7 Å². The maximum absolute atomic E-state index is 11.3. The van der Waals surface area contributed by atoms with E-state index in [1.54, 1.807) is 0 Å². The second-order valence-corrected chi connectivity index (χ2v) is 3.24. The van der Waals surface area contributed by atoms with Crippen molar-refractivity contribution in [2.45, 2.75) is 13.0 Å². The zero-order chi connectivity index (χ0) is 9.14. The number of nitrogens with zero attached hydrogens (tertiary/aromatic N) is 2. The number of hydrogen-bond donors (Lipinski definition) is 1. The maximum Gasteiger partial charge on any atom is 0.236 e. The van der Waals surface area contributed by atoms with E-state index in [9.17, 15) is 4.79 Å². The molecule has 0 aromatic heterocycles. The van der Waals surface area contributed by atoms with E-state index in [4.69, 9.17) is 5.73 Å². The maximum atomic E-state index is 11.3. The van der Waals surface area contributed by atoms with Crippen LogP contribution in [0.25, 0.3) is 0 Å². The Hall–Kier alpha value is -0.610. The fourth-order valence-corrected chi connectivity index (χ4v) is 1.50. The van der Waals surface area contributed by atoms with Crippen molar-refractivity contribution in [1.29, 1.82) is 0 Å². The number of rotatable bonds is 2. The summed E-state index contributed by atoms with van der Waals surface area (Å²) in [6.07, 6.45) is 0. The van der Waals surface area contributed by atoms with Crippen LogP contribution in [-0.4, -0.2) is 55.0 Å². The summed E-state index contributed by atoms with van der Waals surface area (Å²) in [7, 11) is 1.95. The van der Waals surface area contributed by atoms with Crippen molar-refractivity contribution >= 4 is 5.91 Å². The highest BCUT2D eigenvalue weighted by Crippen LogP contribution is 2.06. The highest BCUT2D eigenvalue weighted by atomic mass is 16.2. The summed E-state index contributed by atoms with van der Waals surface area (Å²) in [4.78, 5) is 15.2. The van der Waals surface area contributed by atoms with E-state index in [1.807, 2.05) is 23.8 Å². The van der Waals surface area contributed by atoms with E-state index in [-0.39, 0.29) is 5.91 Å². The van der Waals surface area contributed by atoms with E-state index in [1.165, 1.54) is 0 Å². The molecule has 1 fully saturated rings. The second kappa shape index (κ2) is 3.87. The molecule has 1 amide bonds. The van der Waals surface area contributed by atoms with Gasteiger partial charge in [0.05, 0.1) is 6.54 Å². The lowest BCUT2D eigenvalue weighted by atomic mass is 10.2. The highest BCUT2D eigenvalue weighted by Gasteiger charge is 2.27. The molecule has 4 heteroatoms. The Morgan fingerprint density at radius 2 is 2.33 bits per heavy atom. The van der Waals surface area contributed by atoms with Crippen molar-refractivity contribution in [3.05, 3.63) is 0 Å². The normalized spacial score (nSPS) is 26.4. The predicted molar refractivity (Wildman–Crippen MR) is 47.7 cm³/mol. The Balaban J connectivity index is 2.56. The number of amides is 1. The van der Waals surface area contributed by atoms with Gasteiger partial charge in [-0.2, -0.15) is 0 Å². The van der Waals surface area contributed by atoms with Crippen LogP contribution in [0.4, 0.5) is 0 Å². The zero-order valence-corrected chi connectivity index (χ0v) is 7.79. The average Bonchev–Trinajstić information content (AvgIpc) is 2.05. The summed E-state index contributed by atoms with van der Waals surface area (Å²) in [5, 5.41) is 0. The summed E-state index contributed by atoms with van der Waals surface area (Å²) >= 11 is 0. The third-order valence-electron chi connectivity index (χ3n) is 2.45. The number of hydrogen-bond acceptors (Lipinski definition) is 3. The minimum absolute atomic E-state index is 0.213. The highest BCUT2D eigenvalue weighted by molar-refractivity contribution is 5.79. The number of piperazine rings is 1. The van der Waals surface area contributed by atoms with Crippen LogP contribution in [0.2, 0.25) is 0 Å². The molecule has 1 heterocycles. The summed E-state index contributed by atoms with van der Waals surface area (Å²) in [5.41, 5.74) is 5.58. The van der Waals surface area contributed by atoms with Crippen LogP contribution < -0.4 is 5.73 Å². The van der Waals surface area contributed by atoms with Crippen molar-refractivity contribution in [2.24, 2.45) is 5.73 Å². The lowest BCUT2D eigenvalue weighted by Crippen LogP contribution is -2.56. The molecule has 0 aliphatic carbocycles. The van der Waals surface area contributed by atoms with E-state index in [0.717, 1.165) is 13.1 Å². The van der Waals surface area contributed by atoms with Gasteiger partial charge in [-0.05, 0) is 14.0 Å². The molecule has 0 aromatic rings. The molecule has 0 saturated carbocycles. The van der Waals surface area contributed by atoms with Crippen LogP contribution in [0.5, 0.6) is 0 Å². The average molecular weight is 171 g/mol. The van der Waals surface area contributed by atoms with Crippen molar-refractivity contribution < 1.29 is 4.79 Å². The molecule has 70 valence electrons. The smallest absolute Gasteiger partial charge is 0.236 e. The van der Waals surface area contributed by atoms with Crippen LogP contribution in [0.15, 0.2) is 0 Å².